The number of nitrogens with zero attached hydrogens (tertiary/aromatic N) is 1. The normalized spacial score (nSPS) is 15.8. The van der Waals surface area contributed by atoms with Gasteiger partial charge in [0.05, 0.1) is 11.4 Å². The molecule has 2 aromatic carbocycles. The number of halogens is 1. The molecule has 5 nitrogen and oxygen atoms in total. The first kappa shape index (κ1) is 18.7. The number of hydrogen-bond donors (Lipinski definition) is 1. The molecule has 0 aromatic heterocycles. The van der Waals surface area contributed by atoms with E-state index in [0.717, 1.165) is 11.1 Å². The fraction of sp³-hybridized carbons (Fsp3) is 0.316. The average molecular weight is 393 g/mol. The molecular weight excluding hydrogens is 372 g/mol. The van der Waals surface area contributed by atoms with Crippen molar-refractivity contribution in [3.05, 3.63) is 58.6 Å². The van der Waals surface area contributed by atoms with Gasteiger partial charge in [0.25, 0.3) is 0 Å². The Morgan fingerprint density at radius 1 is 1.23 bits per heavy atom. The Bertz CT molecular complexity index is 928. The zero-order valence-corrected chi connectivity index (χ0v) is 16.1. The van der Waals surface area contributed by atoms with Gasteiger partial charge in [-0.05, 0) is 55.2 Å². The topological polar surface area (TPSA) is 66.5 Å². The van der Waals surface area contributed by atoms with Gasteiger partial charge in [0.1, 0.15) is 0 Å². The van der Waals surface area contributed by atoms with E-state index in [2.05, 4.69) is 5.32 Å². The van der Waals surface area contributed by atoms with Gasteiger partial charge in [-0.2, -0.15) is 0 Å². The summed E-state index contributed by atoms with van der Waals surface area (Å²) in [5, 5.41) is 3.50. The molecule has 0 atom stereocenters. The number of amides is 1. The molecule has 1 fully saturated rings. The lowest BCUT2D eigenvalue weighted by Gasteiger charge is -2.20. The lowest BCUT2D eigenvalue weighted by Crippen LogP contribution is -2.26. The Balaban J connectivity index is 1.68. The predicted octanol–water partition coefficient (Wildman–Crippen LogP) is 3.76. The molecule has 1 saturated heterocycles. The number of benzene rings is 2. The SMILES string of the molecule is Cc1ccc(NC(=O)CCc2cccc(Cl)c2)cc1N1CCCS1(=O)=O. The molecule has 26 heavy (non-hydrogen) atoms. The first-order valence-corrected chi connectivity index (χ1v) is 10.5. The van der Waals surface area contributed by atoms with Gasteiger partial charge in [-0.15, -0.1) is 0 Å². The van der Waals surface area contributed by atoms with Crippen molar-refractivity contribution in [1.29, 1.82) is 0 Å². The van der Waals surface area contributed by atoms with Crippen LogP contribution in [0.3, 0.4) is 0 Å². The molecule has 2 aromatic rings. The molecule has 138 valence electrons. The molecular formula is C19H21ClN2O3S. The summed E-state index contributed by atoms with van der Waals surface area (Å²) in [6.45, 7) is 2.35. The van der Waals surface area contributed by atoms with Crippen molar-refractivity contribution in [2.45, 2.75) is 26.2 Å². The van der Waals surface area contributed by atoms with Crippen LogP contribution < -0.4 is 9.62 Å². The van der Waals surface area contributed by atoms with Gasteiger partial charge in [0.2, 0.25) is 15.9 Å². The van der Waals surface area contributed by atoms with Crippen LogP contribution in [0.5, 0.6) is 0 Å². The number of nitrogens with one attached hydrogen (secondary N) is 1. The quantitative estimate of drug-likeness (QED) is 0.842. The summed E-state index contributed by atoms with van der Waals surface area (Å²) < 4.78 is 25.8. The fourth-order valence-corrected chi connectivity index (χ4v) is 4.87. The van der Waals surface area contributed by atoms with Gasteiger partial charge in [-0.25, -0.2) is 8.42 Å². The minimum absolute atomic E-state index is 0.121. The second-order valence-corrected chi connectivity index (χ2v) is 8.87. The Hall–Kier alpha value is -2.05. The molecule has 7 heteroatoms. The number of sulfonamides is 1. The van der Waals surface area contributed by atoms with Crippen molar-refractivity contribution in [3.8, 4) is 0 Å². The second-order valence-electron chi connectivity index (χ2n) is 6.42. The number of aryl methyl sites for hydroxylation is 2. The zero-order chi connectivity index (χ0) is 18.7. The number of hydrogen-bond acceptors (Lipinski definition) is 3. The zero-order valence-electron chi connectivity index (χ0n) is 14.5. The molecule has 1 N–H and O–H groups in total. The Morgan fingerprint density at radius 3 is 2.73 bits per heavy atom. The van der Waals surface area contributed by atoms with Crippen molar-refractivity contribution in [1.82, 2.24) is 0 Å². The summed E-state index contributed by atoms with van der Waals surface area (Å²) in [7, 11) is -3.25. The summed E-state index contributed by atoms with van der Waals surface area (Å²) in [4.78, 5) is 12.2. The third kappa shape index (κ3) is 4.37. The van der Waals surface area contributed by atoms with Crippen LogP contribution in [0.2, 0.25) is 5.02 Å². The molecule has 0 radical (unpaired) electrons. The van der Waals surface area contributed by atoms with Crippen molar-refractivity contribution >= 4 is 38.9 Å². The van der Waals surface area contributed by atoms with E-state index in [0.29, 0.717) is 42.2 Å². The van der Waals surface area contributed by atoms with E-state index < -0.39 is 10.0 Å². The highest BCUT2D eigenvalue weighted by Crippen LogP contribution is 2.30. The van der Waals surface area contributed by atoms with Crippen molar-refractivity contribution in [2.75, 3.05) is 21.9 Å². The number of carbonyl (C=O) groups is 1. The van der Waals surface area contributed by atoms with Crippen LogP contribution in [-0.4, -0.2) is 26.6 Å². The smallest absolute Gasteiger partial charge is 0.235 e. The van der Waals surface area contributed by atoms with Gasteiger partial charge < -0.3 is 5.32 Å². The highest BCUT2D eigenvalue weighted by atomic mass is 35.5. The fourth-order valence-electron chi connectivity index (χ4n) is 3.04. The number of carbonyl (C=O) groups excluding carboxylic acids is 1. The van der Waals surface area contributed by atoms with Crippen LogP contribution in [0.15, 0.2) is 42.5 Å². The summed E-state index contributed by atoms with van der Waals surface area (Å²) in [6.07, 6.45) is 1.54. The van der Waals surface area contributed by atoms with E-state index in [4.69, 9.17) is 11.6 Å². The lowest BCUT2D eigenvalue weighted by atomic mass is 10.1. The van der Waals surface area contributed by atoms with Crippen molar-refractivity contribution in [2.24, 2.45) is 0 Å². The predicted molar refractivity (Wildman–Crippen MR) is 105 cm³/mol. The van der Waals surface area contributed by atoms with Crippen LogP contribution in [0.4, 0.5) is 11.4 Å². The minimum Gasteiger partial charge on any atom is -0.326 e. The minimum atomic E-state index is -3.25. The van der Waals surface area contributed by atoms with Crippen molar-refractivity contribution in [3.63, 3.8) is 0 Å². The van der Waals surface area contributed by atoms with Gasteiger partial charge in [-0.1, -0.05) is 29.8 Å². The molecule has 0 aliphatic carbocycles. The Kier molecular flexibility index (Phi) is 5.53. The average Bonchev–Trinajstić information content (AvgIpc) is 2.94. The third-order valence-electron chi connectivity index (χ3n) is 4.39. The van der Waals surface area contributed by atoms with Gasteiger partial charge >= 0.3 is 0 Å². The van der Waals surface area contributed by atoms with Crippen LogP contribution >= 0.6 is 11.6 Å². The summed E-state index contributed by atoms with van der Waals surface area (Å²) in [5.41, 5.74) is 3.10. The van der Waals surface area contributed by atoms with Crippen LogP contribution in [0.1, 0.15) is 24.0 Å². The van der Waals surface area contributed by atoms with Gasteiger partial charge in [0, 0.05) is 23.7 Å². The standard InChI is InChI=1S/C19H21ClN2O3S/c1-14-6-8-17(13-18(14)22-10-3-11-26(22,24)25)21-19(23)9-7-15-4-2-5-16(20)12-15/h2,4-6,8,12-13H,3,7,9-11H2,1H3,(H,21,23). The van der Waals surface area contributed by atoms with Crippen molar-refractivity contribution < 1.29 is 13.2 Å². The van der Waals surface area contributed by atoms with Crippen LogP contribution in [0.25, 0.3) is 0 Å². The lowest BCUT2D eigenvalue weighted by molar-refractivity contribution is -0.116. The maximum atomic E-state index is 12.2. The highest BCUT2D eigenvalue weighted by molar-refractivity contribution is 7.93. The Morgan fingerprint density at radius 2 is 2.04 bits per heavy atom. The van der Waals surface area contributed by atoms with E-state index in [1.807, 2.05) is 31.2 Å². The molecule has 1 amide bonds. The van der Waals surface area contributed by atoms with Gasteiger partial charge in [0.15, 0.2) is 0 Å². The maximum Gasteiger partial charge on any atom is 0.235 e. The third-order valence-corrected chi connectivity index (χ3v) is 6.48. The number of rotatable bonds is 5. The maximum absolute atomic E-state index is 12.2. The molecule has 0 spiro atoms. The molecule has 1 aliphatic heterocycles. The molecule has 1 heterocycles. The van der Waals surface area contributed by atoms with E-state index in [9.17, 15) is 13.2 Å². The molecule has 0 bridgehead atoms. The van der Waals surface area contributed by atoms with E-state index >= 15 is 0 Å². The summed E-state index contributed by atoms with van der Waals surface area (Å²) in [5.74, 6) is 0.0481. The largest absolute Gasteiger partial charge is 0.326 e. The van der Waals surface area contributed by atoms with Crippen LogP contribution in [0, 0.1) is 6.92 Å². The first-order chi connectivity index (χ1) is 12.3. The van der Waals surface area contributed by atoms with E-state index in [-0.39, 0.29) is 11.7 Å². The molecule has 0 saturated carbocycles. The highest BCUT2D eigenvalue weighted by Gasteiger charge is 2.29. The number of anilines is 2. The monoisotopic (exact) mass is 392 g/mol. The summed E-state index contributed by atoms with van der Waals surface area (Å²) >= 11 is 5.95. The van der Waals surface area contributed by atoms with Crippen LogP contribution in [-0.2, 0) is 21.2 Å². The van der Waals surface area contributed by atoms with Gasteiger partial charge in [-0.3, -0.25) is 9.10 Å². The molecule has 1 aliphatic rings. The van der Waals surface area contributed by atoms with E-state index in [1.165, 1.54) is 4.31 Å². The Labute approximate surface area is 159 Å². The molecule has 0 unspecified atom stereocenters. The summed E-state index contributed by atoms with van der Waals surface area (Å²) in [6, 6.07) is 12.8. The first-order valence-electron chi connectivity index (χ1n) is 8.50. The van der Waals surface area contributed by atoms with E-state index in [1.54, 1.807) is 18.2 Å². The molecule has 3 rings (SSSR count). The second kappa shape index (κ2) is 7.68.